The van der Waals surface area contributed by atoms with Gasteiger partial charge in [0, 0.05) is 16.7 Å². The Morgan fingerprint density at radius 1 is 1.11 bits per heavy atom. The van der Waals surface area contributed by atoms with Gasteiger partial charge in [-0.2, -0.15) is 0 Å². The Labute approximate surface area is 118 Å². The van der Waals surface area contributed by atoms with E-state index in [1.54, 1.807) is 11.8 Å². The Bertz CT molecular complexity index is 551. The first kappa shape index (κ1) is 14.1. The molecule has 3 heteroatoms. The van der Waals surface area contributed by atoms with Crippen molar-refractivity contribution in [2.45, 2.75) is 24.0 Å². The van der Waals surface area contributed by atoms with E-state index in [4.69, 9.17) is 5.73 Å². The first-order valence-corrected chi connectivity index (χ1v) is 7.17. The minimum atomic E-state index is -0.212. The molecule has 1 unspecified atom stereocenters. The summed E-state index contributed by atoms with van der Waals surface area (Å²) in [5, 5.41) is 0.154. The van der Waals surface area contributed by atoms with E-state index in [9.17, 15) is 4.39 Å². The average molecular weight is 275 g/mol. The molecule has 0 heterocycles. The summed E-state index contributed by atoms with van der Waals surface area (Å²) in [5.41, 5.74) is 9.41. The molecule has 0 saturated heterocycles. The molecule has 2 rings (SSSR count). The molecule has 0 aromatic heterocycles. The zero-order valence-corrected chi connectivity index (χ0v) is 12.0. The summed E-state index contributed by atoms with van der Waals surface area (Å²) in [6, 6.07) is 13.0. The highest BCUT2D eigenvalue weighted by Gasteiger charge is 2.13. The number of rotatable bonds is 4. The van der Waals surface area contributed by atoms with Crippen molar-refractivity contribution in [2.75, 3.05) is 6.54 Å². The number of benzene rings is 2. The predicted octanol–water partition coefficient (Wildman–Crippen LogP) is 4.23. The Hall–Kier alpha value is -1.32. The van der Waals surface area contributed by atoms with Crippen LogP contribution in [0.2, 0.25) is 0 Å². The molecule has 100 valence electrons. The second-order valence-corrected chi connectivity index (χ2v) is 5.91. The first-order chi connectivity index (χ1) is 9.10. The lowest BCUT2D eigenvalue weighted by Crippen LogP contribution is -2.09. The lowest BCUT2D eigenvalue weighted by atomic mass is 10.1. The minimum absolute atomic E-state index is 0.154. The SMILES string of the molecule is Cc1ccc(C)c(SC(CN)c2ccc(F)cc2)c1. The first-order valence-electron chi connectivity index (χ1n) is 6.29. The molecule has 19 heavy (non-hydrogen) atoms. The zero-order valence-electron chi connectivity index (χ0n) is 11.2. The molecule has 0 bridgehead atoms. The number of hydrogen-bond acceptors (Lipinski definition) is 2. The summed E-state index contributed by atoms with van der Waals surface area (Å²) in [6.45, 7) is 4.71. The summed E-state index contributed by atoms with van der Waals surface area (Å²) in [4.78, 5) is 1.24. The van der Waals surface area contributed by atoms with Crippen molar-refractivity contribution in [3.05, 3.63) is 65.0 Å². The van der Waals surface area contributed by atoms with E-state index in [1.165, 1.54) is 28.2 Å². The predicted molar refractivity (Wildman–Crippen MR) is 80.0 cm³/mol. The van der Waals surface area contributed by atoms with Crippen LogP contribution in [0.25, 0.3) is 0 Å². The summed E-state index contributed by atoms with van der Waals surface area (Å²) < 4.78 is 13.0. The molecule has 0 aliphatic carbocycles. The van der Waals surface area contributed by atoms with Gasteiger partial charge in [0.15, 0.2) is 0 Å². The minimum Gasteiger partial charge on any atom is -0.329 e. The molecule has 0 fully saturated rings. The molecule has 0 spiro atoms. The van der Waals surface area contributed by atoms with Gasteiger partial charge in [0.05, 0.1) is 0 Å². The van der Waals surface area contributed by atoms with Crippen molar-refractivity contribution in [3.8, 4) is 0 Å². The molecule has 2 N–H and O–H groups in total. The highest BCUT2D eigenvalue weighted by Crippen LogP contribution is 2.36. The van der Waals surface area contributed by atoms with Crippen molar-refractivity contribution in [2.24, 2.45) is 5.73 Å². The Morgan fingerprint density at radius 2 is 1.79 bits per heavy atom. The van der Waals surface area contributed by atoms with E-state index < -0.39 is 0 Å². The number of hydrogen-bond donors (Lipinski definition) is 1. The Balaban J connectivity index is 2.23. The van der Waals surface area contributed by atoms with Crippen LogP contribution in [0, 0.1) is 19.7 Å². The summed E-state index contributed by atoms with van der Waals surface area (Å²) in [7, 11) is 0. The third kappa shape index (κ3) is 3.58. The molecule has 0 amide bonds. The fraction of sp³-hybridized carbons (Fsp3) is 0.250. The average Bonchev–Trinajstić information content (AvgIpc) is 2.41. The van der Waals surface area contributed by atoms with Crippen molar-refractivity contribution < 1.29 is 4.39 Å². The van der Waals surface area contributed by atoms with E-state index in [1.807, 2.05) is 12.1 Å². The summed E-state index contributed by atoms with van der Waals surface area (Å²) >= 11 is 1.74. The maximum absolute atomic E-state index is 13.0. The third-order valence-electron chi connectivity index (χ3n) is 3.07. The molecule has 2 aromatic carbocycles. The number of nitrogens with two attached hydrogens (primary N) is 1. The molecule has 0 aliphatic heterocycles. The van der Waals surface area contributed by atoms with Crippen molar-refractivity contribution in [1.82, 2.24) is 0 Å². The quantitative estimate of drug-likeness (QED) is 0.845. The smallest absolute Gasteiger partial charge is 0.123 e. The van der Waals surface area contributed by atoms with Crippen LogP contribution >= 0.6 is 11.8 Å². The Morgan fingerprint density at radius 3 is 2.42 bits per heavy atom. The molecule has 1 atom stereocenters. The Kier molecular flexibility index (Phi) is 4.61. The van der Waals surface area contributed by atoms with Gasteiger partial charge in [-0.05, 0) is 43.2 Å². The van der Waals surface area contributed by atoms with Crippen LogP contribution < -0.4 is 5.73 Å². The molecular formula is C16H18FNS. The van der Waals surface area contributed by atoms with Crippen molar-refractivity contribution in [1.29, 1.82) is 0 Å². The van der Waals surface area contributed by atoms with Crippen LogP contribution in [-0.2, 0) is 0 Å². The van der Waals surface area contributed by atoms with Crippen LogP contribution in [0.15, 0.2) is 47.4 Å². The van der Waals surface area contributed by atoms with Crippen LogP contribution in [0.1, 0.15) is 21.9 Å². The molecule has 0 aliphatic rings. The van der Waals surface area contributed by atoms with Gasteiger partial charge >= 0.3 is 0 Å². The summed E-state index contributed by atoms with van der Waals surface area (Å²) in [5.74, 6) is -0.212. The van der Waals surface area contributed by atoms with Crippen LogP contribution in [0.5, 0.6) is 0 Å². The van der Waals surface area contributed by atoms with E-state index in [0.29, 0.717) is 6.54 Å². The highest BCUT2D eigenvalue weighted by atomic mass is 32.2. The van der Waals surface area contributed by atoms with Gasteiger partial charge < -0.3 is 5.73 Å². The number of aryl methyl sites for hydroxylation is 2. The fourth-order valence-electron chi connectivity index (χ4n) is 1.92. The summed E-state index contributed by atoms with van der Waals surface area (Å²) in [6.07, 6.45) is 0. The number of thioether (sulfide) groups is 1. The largest absolute Gasteiger partial charge is 0.329 e. The normalized spacial score (nSPS) is 12.4. The fourth-order valence-corrected chi connectivity index (χ4v) is 3.12. The van der Waals surface area contributed by atoms with Gasteiger partial charge in [-0.25, -0.2) is 4.39 Å². The van der Waals surface area contributed by atoms with Gasteiger partial charge in [-0.1, -0.05) is 29.8 Å². The maximum atomic E-state index is 13.0. The van der Waals surface area contributed by atoms with Crippen LogP contribution in [-0.4, -0.2) is 6.54 Å². The highest BCUT2D eigenvalue weighted by molar-refractivity contribution is 7.99. The van der Waals surface area contributed by atoms with Gasteiger partial charge in [0.25, 0.3) is 0 Å². The van der Waals surface area contributed by atoms with Gasteiger partial charge in [-0.3, -0.25) is 0 Å². The van der Waals surface area contributed by atoms with E-state index in [-0.39, 0.29) is 11.1 Å². The zero-order chi connectivity index (χ0) is 13.8. The van der Waals surface area contributed by atoms with E-state index >= 15 is 0 Å². The van der Waals surface area contributed by atoms with E-state index in [0.717, 1.165) is 5.56 Å². The molecule has 0 saturated carbocycles. The topological polar surface area (TPSA) is 26.0 Å². The van der Waals surface area contributed by atoms with Gasteiger partial charge in [-0.15, -0.1) is 11.8 Å². The number of halogens is 1. The third-order valence-corrected chi connectivity index (χ3v) is 4.51. The maximum Gasteiger partial charge on any atom is 0.123 e. The van der Waals surface area contributed by atoms with E-state index in [2.05, 4.69) is 32.0 Å². The van der Waals surface area contributed by atoms with Crippen molar-refractivity contribution >= 4 is 11.8 Å². The van der Waals surface area contributed by atoms with Crippen LogP contribution in [0.4, 0.5) is 4.39 Å². The van der Waals surface area contributed by atoms with Gasteiger partial charge in [0.1, 0.15) is 5.82 Å². The van der Waals surface area contributed by atoms with Crippen LogP contribution in [0.3, 0.4) is 0 Å². The second kappa shape index (κ2) is 6.22. The molecular weight excluding hydrogens is 257 g/mol. The lowest BCUT2D eigenvalue weighted by Gasteiger charge is -2.16. The standard InChI is InChI=1S/C16H18FNS/c1-11-3-4-12(2)15(9-11)19-16(10-18)13-5-7-14(17)8-6-13/h3-9,16H,10,18H2,1-2H3. The second-order valence-electron chi connectivity index (χ2n) is 4.66. The molecule has 0 radical (unpaired) electrons. The van der Waals surface area contributed by atoms with Crippen molar-refractivity contribution in [3.63, 3.8) is 0 Å². The molecule has 1 nitrogen and oxygen atoms in total. The monoisotopic (exact) mass is 275 g/mol. The lowest BCUT2D eigenvalue weighted by molar-refractivity contribution is 0.627. The molecule has 2 aromatic rings. The van der Waals surface area contributed by atoms with Gasteiger partial charge in [0.2, 0.25) is 0 Å².